The topological polar surface area (TPSA) is 59.2 Å². The molecule has 1 aromatic heterocycles. The van der Waals surface area contributed by atoms with Crippen LogP contribution in [-0.4, -0.2) is 17.9 Å². The molecule has 1 N–H and O–H groups in total. The van der Waals surface area contributed by atoms with E-state index < -0.39 is 0 Å². The molecule has 0 amide bonds. The number of aromatic amines is 1. The number of benzene rings is 3. The number of nitrogens with one attached hydrogen (secondary N) is 1. The van der Waals surface area contributed by atoms with Gasteiger partial charge in [-0.15, -0.1) is 11.3 Å². The van der Waals surface area contributed by atoms with Crippen LogP contribution in [0.1, 0.15) is 15.9 Å². The number of hydrogen-bond donors (Lipinski definition) is 1. The van der Waals surface area contributed by atoms with Crippen LogP contribution < -0.4 is 19.5 Å². The van der Waals surface area contributed by atoms with Crippen molar-refractivity contribution in [2.45, 2.75) is 0 Å². The number of rotatable bonds is 4. The molecule has 1 heterocycles. The predicted octanol–water partition coefficient (Wildman–Crippen LogP) is 3.09. The first kappa shape index (κ1) is 17.9. The highest BCUT2D eigenvalue weighted by molar-refractivity contribution is 7.07. The number of fused-ring (bicyclic) bond motifs is 1. The maximum atomic E-state index is 12.4. The highest BCUT2D eigenvalue weighted by Gasteiger charge is 2.04. The second-order valence-electron chi connectivity index (χ2n) is 6.23. The summed E-state index contributed by atoms with van der Waals surface area (Å²) in [5, 5.41) is 2.20. The van der Waals surface area contributed by atoms with Gasteiger partial charge in [-0.25, -0.2) is 0 Å². The molecule has 3 aromatic carbocycles. The van der Waals surface area contributed by atoms with Gasteiger partial charge < -0.3 is 9.72 Å². The minimum atomic E-state index is -0.202. The number of hydrogen-bond acceptors (Lipinski definition) is 4. The van der Waals surface area contributed by atoms with Crippen molar-refractivity contribution in [3.8, 4) is 5.75 Å². The summed E-state index contributed by atoms with van der Waals surface area (Å²) < 4.78 is 6.19. The van der Waals surface area contributed by atoms with E-state index in [4.69, 9.17) is 4.74 Å². The zero-order valence-electron chi connectivity index (χ0n) is 15.1. The standard InChI is InChI=1S/C23H17NO3S/c1-27-18-11-9-16(10-12-18)20(25)14-22-24-23(26)21(28-22)13-17-7-4-6-15-5-2-3-8-19(15)17/h2-14H,1H3,(H,24,26)/b21-13+,22-14+. The van der Waals surface area contributed by atoms with Gasteiger partial charge >= 0.3 is 0 Å². The summed E-state index contributed by atoms with van der Waals surface area (Å²) >= 11 is 1.27. The van der Waals surface area contributed by atoms with E-state index in [0.29, 0.717) is 20.5 Å². The molecule has 0 bridgehead atoms. The molecule has 0 spiro atoms. The number of Topliss-reactive ketones (excluding diaryl/α,β-unsaturated/α-hetero) is 1. The smallest absolute Gasteiger partial charge is 0.266 e. The number of carbonyl (C=O) groups excluding carboxylic acids is 1. The molecule has 0 fully saturated rings. The molecule has 0 radical (unpaired) electrons. The summed E-state index contributed by atoms with van der Waals surface area (Å²) in [7, 11) is 1.58. The van der Waals surface area contributed by atoms with Crippen molar-refractivity contribution >= 4 is 40.0 Å². The zero-order chi connectivity index (χ0) is 19.5. The van der Waals surface area contributed by atoms with Crippen molar-refractivity contribution in [3.63, 3.8) is 0 Å². The van der Waals surface area contributed by atoms with Gasteiger partial charge in [0.15, 0.2) is 5.78 Å². The minimum absolute atomic E-state index is 0.170. The Morgan fingerprint density at radius 3 is 2.54 bits per heavy atom. The molecular weight excluding hydrogens is 370 g/mol. The molecule has 0 saturated carbocycles. The summed E-state index contributed by atoms with van der Waals surface area (Å²) in [6.45, 7) is 0. The summed E-state index contributed by atoms with van der Waals surface area (Å²) in [5.74, 6) is 0.518. The second-order valence-corrected chi connectivity index (χ2v) is 7.32. The van der Waals surface area contributed by atoms with Crippen molar-refractivity contribution in [2.24, 2.45) is 0 Å². The molecule has 0 unspecified atom stereocenters. The fraction of sp³-hybridized carbons (Fsp3) is 0.0435. The zero-order valence-corrected chi connectivity index (χ0v) is 16.0. The number of aromatic nitrogens is 1. The number of ether oxygens (including phenoxy) is 1. The lowest BCUT2D eigenvalue weighted by Crippen LogP contribution is -2.20. The summed E-state index contributed by atoms with van der Waals surface area (Å²) in [5.41, 5.74) is 1.31. The van der Waals surface area contributed by atoms with Gasteiger partial charge in [0, 0.05) is 11.6 Å². The number of carbonyl (C=O) groups is 1. The molecule has 4 nitrogen and oxygen atoms in total. The lowest BCUT2D eigenvalue weighted by molar-refractivity contribution is 0.106. The van der Waals surface area contributed by atoms with E-state index in [-0.39, 0.29) is 11.3 Å². The van der Waals surface area contributed by atoms with Crippen LogP contribution in [0.15, 0.2) is 71.5 Å². The molecule has 0 aliphatic heterocycles. The monoisotopic (exact) mass is 387 g/mol. The van der Waals surface area contributed by atoms with E-state index >= 15 is 0 Å². The van der Waals surface area contributed by atoms with E-state index in [9.17, 15) is 9.59 Å². The average Bonchev–Trinajstić information content (AvgIpc) is 3.07. The van der Waals surface area contributed by atoms with E-state index in [1.54, 1.807) is 31.4 Å². The molecule has 0 aliphatic rings. The van der Waals surface area contributed by atoms with Gasteiger partial charge in [0.1, 0.15) is 5.75 Å². The fourth-order valence-electron chi connectivity index (χ4n) is 3.00. The van der Waals surface area contributed by atoms with Crippen LogP contribution in [0.5, 0.6) is 5.75 Å². The van der Waals surface area contributed by atoms with Crippen LogP contribution in [-0.2, 0) is 0 Å². The van der Waals surface area contributed by atoms with Crippen molar-refractivity contribution in [1.82, 2.24) is 4.98 Å². The van der Waals surface area contributed by atoms with Crippen molar-refractivity contribution in [3.05, 3.63) is 97.4 Å². The Kier molecular flexibility index (Phi) is 4.91. The van der Waals surface area contributed by atoms with E-state index in [1.807, 2.05) is 48.5 Å². The van der Waals surface area contributed by atoms with Crippen molar-refractivity contribution in [1.29, 1.82) is 0 Å². The first-order chi connectivity index (χ1) is 13.6. The van der Waals surface area contributed by atoms with E-state index in [2.05, 4.69) is 4.98 Å². The second kappa shape index (κ2) is 7.66. The first-order valence-electron chi connectivity index (χ1n) is 8.73. The van der Waals surface area contributed by atoms with E-state index in [0.717, 1.165) is 16.3 Å². The predicted molar refractivity (Wildman–Crippen MR) is 113 cm³/mol. The molecule has 4 rings (SSSR count). The van der Waals surface area contributed by atoms with Crippen LogP contribution in [0.3, 0.4) is 0 Å². The van der Waals surface area contributed by atoms with Crippen molar-refractivity contribution in [2.75, 3.05) is 7.11 Å². The number of H-pyrrole nitrogens is 1. The van der Waals surface area contributed by atoms with Gasteiger partial charge in [-0.3, -0.25) is 9.59 Å². The first-order valence-corrected chi connectivity index (χ1v) is 9.54. The Morgan fingerprint density at radius 1 is 1.00 bits per heavy atom. The molecule has 28 heavy (non-hydrogen) atoms. The summed E-state index contributed by atoms with van der Waals surface area (Å²) in [4.78, 5) is 27.6. The normalized spacial score (nSPS) is 12.5. The average molecular weight is 387 g/mol. The molecule has 5 heteroatoms. The quantitative estimate of drug-likeness (QED) is 0.548. The molecular formula is C23H17NO3S. The van der Waals surface area contributed by atoms with Gasteiger partial charge in [-0.05, 0) is 46.7 Å². The largest absolute Gasteiger partial charge is 0.497 e. The maximum absolute atomic E-state index is 12.4. The van der Waals surface area contributed by atoms with Gasteiger partial charge in [-0.2, -0.15) is 0 Å². The Hall–Kier alpha value is -3.44. The molecule has 0 saturated heterocycles. The lowest BCUT2D eigenvalue weighted by atomic mass is 10.0. The molecule has 4 aromatic rings. The third kappa shape index (κ3) is 3.66. The van der Waals surface area contributed by atoms with Gasteiger partial charge in [0.05, 0.1) is 16.3 Å². The van der Waals surface area contributed by atoms with Gasteiger partial charge in [0.25, 0.3) is 5.56 Å². The van der Waals surface area contributed by atoms with Crippen LogP contribution in [0.4, 0.5) is 0 Å². The lowest BCUT2D eigenvalue weighted by Gasteiger charge is -2.00. The van der Waals surface area contributed by atoms with Crippen LogP contribution in [0, 0.1) is 0 Å². The maximum Gasteiger partial charge on any atom is 0.266 e. The summed E-state index contributed by atoms with van der Waals surface area (Å²) in [6.07, 6.45) is 3.31. The van der Waals surface area contributed by atoms with Crippen molar-refractivity contribution < 1.29 is 9.53 Å². The number of ketones is 1. The highest BCUT2D eigenvalue weighted by atomic mass is 32.1. The molecule has 138 valence electrons. The fourth-order valence-corrected chi connectivity index (χ4v) is 3.88. The number of thiazole rings is 1. The molecule has 0 aliphatic carbocycles. The van der Waals surface area contributed by atoms with Crippen LogP contribution >= 0.6 is 11.3 Å². The van der Waals surface area contributed by atoms with Crippen LogP contribution in [0.25, 0.3) is 22.9 Å². The Labute approximate surface area is 165 Å². The third-order valence-electron chi connectivity index (χ3n) is 4.43. The van der Waals surface area contributed by atoms with Gasteiger partial charge in [0.2, 0.25) is 0 Å². The SMILES string of the molecule is COc1ccc(C(=O)/C=c2\[nH]c(=O)/c(=C\c3cccc4ccccc34)s2)cc1. The Balaban J connectivity index is 1.73. The minimum Gasteiger partial charge on any atom is -0.497 e. The van der Waals surface area contributed by atoms with Gasteiger partial charge in [-0.1, -0.05) is 42.5 Å². The molecule has 0 atom stereocenters. The van der Waals surface area contributed by atoms with Crippen LogP contribution in [0.2, 0.25) is 0 Å². The van der Waals surface area contributed by atoms with E-state index in [1.165, 1.54) is 17.4 Å². The Morgan fingerprint density at radius 2 is 1.75 bits per heavy atom. The highest BCUT2D eigenvalue weighted by Crippen LogP contribution is 2.18. The Bertz CT molecular complexity index is 1330. The third-order valence-corrected chi connectivity index (χ3v) is 5.39. The summed E-state index contributed by atoms with van der Waals surface area (Å²) in [6, 6.07) is 20.9. The number of methoxy groups -OCH3 is 1.